The molecule has 0 saturated carbocycles. The Hall–Kier alpha value is -1.67. The lowest BCUT2D eigenvalue weighted by Crippen LogP contribution is -2.14. The third kappa shape index (κ3) is 2.71. The maximum Gasteiger partial charge on any atom is 0.150 e. The van der Waals surface area contributed by atoms with Gasteiger partial charge in [-0.2, -0.15) is 0 Å². The largest absolute Gasteiger partial charge is 0.305 e. The van der Waals surface area contributed by atoms with Crippen molar-refractivity contribution in [1.29, 1.82) is 0 Å². The normalized spacial score (nSPS) is 14.8. The summed E-state index contributed by atoms with van der Waals surface area (Å²) < 4.78 is 0. The zero-order chi connectivity index (χ0) is 12.3. The summed E-state index contributed by atoms with van der Waals surface area (Å²) in [5.41, 5.74) is 4.47. The molecule has 2 rings (SSSR count). The second kappa shape index (κ2) is 5.11. The van der Waals surface area contributed by atoms with Crippen molar-refractivity contribution < 1.29 is 4.79 Å². The zero-order valence-corrected chi connectivity index (χ0v) is 10.3. The van der Waals surface area contributed by atoms with E-state index in [1.54, 1.807) is 0 Å². The molecule has 17 heavy (non-hydrogen) atoms. The van der Waals surface area contributed by atoms with Gasteiger partial charge in [-0.3, -0.25) is 4.79 Å². The van der Waals surface area contributed by atoms with Crippen LogP contribution >= 0.6 is 0 Å². The molecule has 1 aromatic carbocycles. The van der Waals surface area contributed by atoms with Crippen molar-refractivity contribution in [3.8, 4) is 0 Å². The minimum Gasteiger partial charge on any atom is -0.305 e. The van der Waals surface area contributed by atoms with Crippen LogP contribution in [0.3, 0.4) is 0 Å². The molecule has 0 radical (unpaired) electrons. The Labute approximate surface area is 102 Å². The molecule has 0 bridgehead atoms. The smallest absolute Gasteiger partial charge is 0.150 e. The Morgan fingerprint density at radius 2 is 2.00 bits per heavy atom. The average molecular weight is 227 g/mol. The lowest BCUT2D eigenvalue weighted by molar-refractivity contribution is 0.112. The van der Waals surface area contributed by atoms with Crippen molar-refractivity contribution in [3.63, 3.8) is 0 Å². The molecular weight excluding hydrogens is 210 g/mol. The van der Waals surface area contributed by atoms with E-state index in [1.807, 2.05) is 24.3 Å². The fourth-order valence-electron chi connectivity index (χ4n) is 2.17. The van der Waals surface area contributed by atoms with Gasteiger partial charge in [0.15, 0.2) is 6.29 Å². The van der Waals surface area contributed by atoms with Crippen LogP contribution in [0.2, 0.25) is 0 Å². The first-order valence-corrected chi connectivity index (χ1v) is 5.78. The van der Waals surface area contributed by atoms with E-state index >= 15 is 0 Å². The van der Waals surface area contributed by atoms with Gasteiger partial charge < -0.3 is 4.90 Å². The molecule has 2 nitrogen and oxygen atoms in total. The van der Waals surface area contributed by atoms with E-state index < -0.39 is 0 Å². The second-order valence-corrected chi connectivity index (χ2v) is 4.64. The van der Waals surface area contributed by atoms with E-state index in [0.717, 1.165) is 30.4 Å². The molecular formula is C15H17NO. The van der Waals surface area contributed by atoms with Crippen molar-refractivity contribution in [1.82, 2.24) is 4.90 Å². The van der Waals surface area contributed by atoms with Crippen molar-refractivity contribution in [2.24, 2.45) is 0 Å². The van der Waals surface area contributed by atoms with Gasteiger partial charge in [-0.15, -0.1) is 0 Å². The Morgan fingerprint density at radius 1 is 1.24 bits per heavy atom. The molecule has 0 spiro atoms. The number of benzene rings is 1. The molecule has 0 aliphatic heterocycles. The van der Waals surface area contributed by atoms with E-state index in [4.69, 9.17) is 0 Å². The van der Waals surface area contributed by atoms with Gasteiger partial charge in [0.25, 0.3) is 0 Å². The minimum atomic E-state index is 0.776. The van der Waals surface area contributed by atoms with Gasteiger partial charge in [0.05, 0.1) is 0 Å². The second-order valence-electron chi connectivity index (χ2n) is 4.64. The van der Waals surface area contributed by atoms with Gasteiger partial charge in [0.1, 0.15) is 0 Å². The van der Waals surface area contributed by atoms with Crippen molar-refractivity contribution >= 4 is 11.9 Å². The summed E-state index contributed by atoms with van der Waals surface area (Å²) in [4.78, 5) is 13.2. The Morgan fingerprint density at radius 3 is 2.71 bits per heavy atom. The summed E-state index contributed by atoms with van der Waals surface area (Å²) in [6, 6.07) is 7.76. The molecule has 1 aromatic rings. The topological polar surface area (TPSA) is 20.3 Å². The molecule has 0 unspecified atom stereocenters. The first kappa shape index (κ1) is 11.8. The lowest BCUT2D eigenvalue weighted by atomic mass is 9.98. The Kier molecular flexibility index (Phi) is 3.55. The molecule has 1 aliphatic carbocycles. The van der Waals surface area contributed by atoms with E-state index in [9.17, 15) is 4.79 Å². The van der Waals surface area contributed by atoms with Crippen molar-refractivity contribution in [2.75, 3.05) is 20.6 Å². The molecule has 0 saturated heterocycles. The number of rotatable bonds is 4. The number of likely N-dealkylation sites (N-methyl/N-ethyl adjacent to an activating group) is 1. The summed E-state index contributed by atoms with van der Waals surface area (Å²) in [5, 5.41) is 0. The molecule has 2 heteroatoms. The van der Waals surface area contributed by atoms with Crippen LogP contribution in [0.1, 0.15) is 22.3 Å². The minimum absolute atomic E-state index is 0.776. The van der Waals surface area contributed by atoms with Crippen molar-refractivity contribution in [2.45, 2.75) is 6.42 Å². The van der Waals surface area contributed by atoms with Crippen LogP contribution in [0.25, 0.3) is 5.57 Å². The third-order valence-electron chi connectivity index (χ3n) is 2.89. The molecule has 0 N–H and O–H groups in total. The first-order chi connectivity index (χ1) is 8.20. The number of allylic oxidation sites excluding steroid dienone is 3. The van der Waals surface area contributed by atoms with E-state index in [-0.39, 0.29) is 0 Å². The quantitative estimate of drug-likeness (QED) is 0.737. The number of hydrogen-bond donors (Lipinski definition) is 0. The van der Waals surface area contributed by atoms with Gasteiger partial charge >= 0.3 is 0 Å². The monoisotopic (exact) mass is 227 g/mol. The number of nitrogens with zero attached hydrogens (tertiary/aromatic N) is 1. The SMILES string of the molecule is CN(C)CC1=CC=C(c2ccccc2C=O)C1. The van der Waals surface area contributed by atoms with Gasteiger partial charge in [0.2, 0.25) is 0 Å². The number of aldehydes is 1. The highest BCUT2D eigenvalue weighted by Gasteiger charge is 2.13. The number of hydrogen-bond acceptors (Lipinski definition) is 2. The number of carbonyl (C=O) groups excluding carboxylic acids is 1. The van der Waals surface area contributed by atoms with Crippen LogP contribution in [-0.4, -0.2) is 31.8 Å². The molecule has 0 atom stereocenters. The number of carbonyl (C=O) groups is 1. The average Bonchev–Trinajstić information content (AvgIpc) is 2.76. The van der Waals surface area contributed by atoms with Crippen LogP contribution in [0.15, 0.2) is 42.0 Å². The fraction of sp³-hybridized carbons (Fsp3) is 0.267. The van der Waals surface area contributed by atoms with E-state index in [0.29, 0.717) is 0 Å². The highest BCUT2D eigenvalue weighted by molar-refractivity contribution is 5.87. The fourth-order valence-corrected chi connectivity index (χ4v) is 2.17. The molecule has 0 aromatic heterocycles. The van der Waals surface area contributed by atoms with E-state index in [2.05, 4.69) is 31.1 Å². The standard InChI is InChI=1S/C15H17NO/c1-16(2)10-12-7-8-13(9-12)15-6-4-3-5-14(15)11-17/h3-8,11H,9-10H2,1-2H3. The molecule has 88 valence electrons. The molecule has 0 heterocycles. The van der Waals surface area contributed by atoms with Crippen LogP contribution in [0, 0.1) is 0 Å². The predicted octanol–water partition coefficient (Wildman–Crippen LogP) is 2.77. The highest BCUT2D eigenvalue weighted by Crippen LogP contribution is 2.29. The molecule has 1 aliphatic rings. The molecule has 0 fully saturated rings. The van der Waals surface area contributed by atoms with Crippen LogP contribution in [-0.2, 0) is 0 Å². The zero-order valence-electron chi connectivity index (χ0n) is 10.3. The highest BCUT2D eigenvalue weighted by atomic mass is 16.1. The van der Waals surface area contributed by atoms with E-state index in [1.165, 1.54) is 11.1 Å². The van der Waals surface area contributed by atoms with Gasteiger partial charge in [-0.25, -0.2) is 0 Å². The van der Waals surface area contributed by atoms with Crippen molar-refractivity contribution in [3.05, 3.63) is 53.1 Å². The lowest BCUT2D eigenvalue weighted by Gasteiger charge is -2.12. The Balaban J connectivity index is 2.15. The summed E-state index contributed by atoms with van der Waals surface area (Å²) in [6.45, 7) is 0.975. The van der Waals surface area contributed by atoms with Gasteiger partial charge in [-0.1, -0.05) is 42.0 Å². The van der Waals surface area contributed by atoms with Crippen LogP contribution < -0.4 is 0 Å². The maximum atomic E-state index is 11.0. The summed E-state index contributed by atoms with van der Waals surface area (Å²) >= 11 is 0. The first-order valence-electron chi connectivity index (χ1n) is 5.78. The summed E-state index contributed by atoms with van der Waals surface area (Å²) in [5.74, 6) is 0. The summed E-state index contributed by atoms with van der Waals surface area (Å²) in [7, 11) is 4.14. The van der Waals surface area contributed by atoms with Crippen LogP contribution in [0.4, 0.5) is 0 Å². The Bertz CT molecular complexity index is 483. The molecule has 0 amide bonds. The van der Waals surface area contributed by atoms with Gasteiger partial charge in [-0.05, 0) is 31.7 Å². The predicted molar refractivity (Wildman–Crippen MR) is 71.1 cm³/mol. The van der Waals surface area contributed by atoms with Gasteiger partial charge in [0, 0.05) is 12.1 Å². The maximum absolute atomic E-state index is 11.0. The third-order valence-corrected chi connectivity index (χ3v) is 2.89. The summed E-state index contributed by atoms with van der Waals surface area (Å²) in [6.07, 6.45) is 6.17. The van der Waals surface area contributed by atoms with Crippen LogP contribution in [0.5, 0.6) is 0 Å².